The van der Waals surface area contributed by atoms with Crippen molar-refractivity contribution in [3.05, 3.63) is 35.4 Å². The third kappa shape index (κ3) is 3.02. The van der Waals surface area contributed by atoms with Crippen LogP contribution in [0, 0.1) is 28.6 Å². The van der Waals surface area contributed by atoms with Crippen molar-refractivity contribution in [2.45, 2.75) is 103 Å². The van der Waals surface area contributed by atoms with Crippen LogP contribution in [0.5, 0.6) is 0 Å². The summed E-state index contributed by atoms with van der Waals surface area (Å²) in [6.45, 7) is 11.4. The zero-order valence-electron chi connectivity index (χ0n) is 22.0. The van der Waals surface area contributed by atoms with Crippen LogP contribution in [0.1, 0.15) is 97.1 Å². The molecule has 4 aliphatic rings. The quantitative estimate of drug-likeness (QED) is 0.568. The number of carboxylic acids is 1. The van der Waals surface area contributed by atoms with E-state index in [0.717, 1.165) is 50.5 Å². The van der Waals surface area contributed by atoms with Gasteiger partial charge in [-0.1, -0.05) is 58.9 Å². The van der Waals surface area contributed by atoms with Gasteiger partial charge in [-0.25, -0.2) is 0 Å². The van der Waals surface area contributed by atoms with E-state index >= 15 is 0 Å². The molecule has 186 valence electrons. The van der Waals surface area contributed by atoms with Crippen LogP contribution in [0.3, 0.4) is 0 Å². The van der Waals surface area contributed by atoms with Crippen LogP contribution in [0.25, 0.3) is 0 Å². The highest BCUT2D eigenvalue weighted by Gasteiger charge is 2.68. The summed E-state index contributed by atoms with van der Waals surface area (Å²) in [4.78, 5) is 27.7. The Balaban J connectivity index is 1.54. The van der Waals surface area contributed by atoms with Crippen molar-refractivity contribution >= 4 is 11.9 Å². The average Bonchev–Trinajstić information content (AvgIpc) is 3.10. The molecule has 34 heavy (non-hydrogen) atoms. The fourth-order valence-electron chi connectivity index (χ4n) is 9.39. The number of likely N-dealkylation sites (tertiary alicyclic amines) is 1. The van der Waals surface area contributed by atoms with Gasteiger partial charge in [-0.2, -0.15) is 0 Å². The number of aliphatic carboxylic acids is 1. The Bertz CT molecular complexity index is 1010. The maximum atomic E-state index is 13.2. The van der Waals surface area contributed by atoms with Gasteiger partial charge in [0.05, 0.1) is 5.41 Å². The zero-order chi connectivity index (χ0) is 24.7. The molecule has 1 aromatic carbocycles. The normalized spacial score (nSPS) is 42.1. The SMILES string of the molecule is CN1C(=O)CC[C@@]2(C)C1CC[C@@H]1[C@H]2CC[C@@]2(C)[C@H]1CCC2(C(=O)O)c1cccc(C(C)(C)C)c1. The number of carbonyl (C=O) groups is 2. The first kappa shape index (κ1) is 23.9. The molecule has 1 N–H and O–H groups in total. The molecule has 1 aromatic rings. The van der Waals surface area contributed by atoms with Crippen molar-refractivity contribution in [1.29, 1.82) is 0 Å². The Kier molecular flexibility index (Phi) is 5.32. The lowest BCUT2D eigenvalue weighted by molar-refractivity contribution is -0.165. The minimum absolute atomic E-state index is 0.0102. The first-order valence-corrected chi connectivity index (χ1v) is 13.5. The van der Waals surface area contributed by atoms with Gasteiger partial charge in [0, 0.05) is 19.5 Å². The molecule has 4 heteroatoms. The molecule has 3 aliphatic carbocycles. The van der Waals surface area contributed by atoms with Gasteiger partial charge in [0.25, 0.3) is 0 Å². The van der Waals surface area contributed by atoms with Crippen molar-refractivity contribution in [2.24, 2.45) is 28.6 Å². The molecule has 5 rings (SSSR count). The molecule has 1 aliphatic heterocycles. The molecule has 4 fully saturated rings. The van der Waals surface area contributed by atoms with E-state index in [9.17, 15) is 14.7 Å². The molecule has 0 bridgehead atoms. The lowest BCUT2D eigenvalue weighted by Gasteiger charge is -2.62. The highest BCUT2D eigenvalue weighted by molar-refractivity contribution is 5.83. The van der Waals surface area contributed by atoms with E-state index in [0.29, 0.717) is 36.1 Å². The minimum atomic E-state index is -0.818. The lowest BCUT2D eigenvalue weighted by atomic mass is 9.44. The number of piperidine rings is 1. The molecule has 0 spiro atoms. The fourth-order valence-corrected chi connectivity index (χ4v) is 9.39. The standard InChI is InChI=1S/C30H43NO3/c1-27(2,3)19-8-7-9-20(18-19)30(26(33)34)17-13-23-21-10-11-24-28(4,15-14-25(32)31(24)6)22(21)12-16-29(23,30)5/h7-9,18,21-24H,10-17H2,1-6H3,(H,33,34)/t21-,22-,23+,24?,28-,29+,30?/m1/s1. The zero-order valence-corrected chi connectivity index (χ0v) is 22.0. The summed E-state index contributed by atoms with van der Waals surface area (Å²) < 4.78 is 0. The second-order valence-electron chi connectivity index (χ2n) is 13.5. The number of amides is 1. The Morgan fingerprint density at radius 1 is 1.03 bits per heavy atom. The van der Waals surface area contributed by atoms with E-state index in [1.165, 1.54) is 5.56 Å². The maximum absolute atomic E-state index is 13.2. The van der Waals surface area contributed by atoms with Crippen LogP contribution < -0.4 is 0 Å². The number of benzene rings is 1. The third-order valence-corrected chi connectivity index (χ3v) is 11.3. The Morgan fingerprint density at radius 3 is 2.41 bits per heavy atom. The third-order valence-electron chi connectivity index (χ3n) is 11.3. The predicted molar refractivity (Wildman–Crippen MR) is 135 cm³/mol. The summed E-state index contributed by atoms with van der Waals surface area (Å²) in [5, 5.41) is 10.9. The first-order valence-electron chi connectivity index (χ1n) is 13.5. The second kappa shape index (κ2) is 7.58. The second-order valence-corrected chi connectivity index (χ2v) is 13.5. The summed E-state index contributed by atoms with van der Waals surface area (Å²) in [6.07, 6.45) is 7.62. The molecule has 7 atom stereocenters. The highest BCUT2D eigenvalue weighted by Crippen LogP contribution is 2.70. The summed E-state index contributed by atoms with van der Waals surface area (Å²) >= 11 is 0. The van der Waals surface area contributed by atoms with E-state index in [-0.39, 0.29) is 16.2 Å². The van der Waals surface area contributed by atoms with Gasteiger partial charge in [-0.05, 0) is 90.1 Å². The van der Waals surface area contributed by atoms with Crippen LogP contribution in [-0.4, -0.2) is 35.0 Å². The van der Waals surface area contributed by atoms with E-state index in [2.05, 4.69) is 58.9 Å². The number of hydrogen-bond donors (Lipinski definition) is 1. The van der Waals surface area contributed by atoms with Gasteiger partial charge in [-0.15, -0.1) is 0 Å². The molecule has 0 radical (unpaired) electrons. The van der Waals surface area contributed by atoms with E-state index < -0.39 is 11.4 Å². The Hall–Kier alpha value is -1.84. The maximum Gasteiger partial charge on any atom is 0.314 e. The smallest absolute Gasteiger partial charge is 0.314 e. The van der Waals surface area contributed by atoms with E-state index in [1.54, 1.807) is 0 Å². The fraction of sp³-hybridized carbons (Fsp3) is 0.733. The number of hydrogen-bond acceptors (Lipinski definition) is 2. The summed E-state index contributed by atoms with van der Waals surface area (Å²) in [5.41, 5.74) is 1.32. The van der Waals surface area contributed by atoms with Crippen molar-refractivity contribution < 1.29 is 14.7 Å². The average molecular weight is 466 g/mol. The molecule has 1 saturated heterocycles. The summed E-state index contributed by atoms with van der Waals surface area (Å²) in [5.74, 6) is 1.25. The molecule has 3 saturated carbocycles. The van der Waals surface area contributed by atoms with Crippen molar-refractivity contribution in [3.8, 4) is 0 Å². The number of carboxylic acid groups (broad SMARTS) is 1. The summed E-state index contributed by atoms with van der Waals surface area (Å²) in [7, 11) is 2.00. The van der Waals surface area contributed by atoms with Gasteiger partial charge >= 0.3 is 5.97 Å². The van der Waals surface area contributed by atoms with Crippen molar-refractivity contribution in [3.63, 3.8) is 0 Å². The van der Waals surface area contributed by atoms with Gasteiger partial charge in [0.2, 0.25) is 5.91 Å². The van der Waals surface area contributed by atoms with Gasteiger partial charge in [0.15, 0.2) is 0 Å². The Morgan fingerprint density at radius 2 is 1.74 bits per heavy atom. The Labute approximate surface area is 205 Å². The largest absolute Gasteiger partial charge is 0.481 e. The number of carbonyl (C=O) groups excluding carboxylic acids is 1. The van der Waals surface area contributed by atoms with E-state index in [1.807, 2.05) is 11.9 Å². The van der Waals surface area contributed by atoms with Crippen LogP contribution in [0.4, 0.5) is 0 Å². The number of rotatable bonds is 2. The molecular weight excluding hydrogens is 422 g/mol. The van der Waals surface area contributed by atoms with Gasteiger partial charge < -0.3 is 10.0 Å². The molecule has 4 nitrogen and oxygen atoms in total. The van der Waals surface area contributed by atoms with Gasteiger partial charge in [0.1, 0.15) is 0 Å². The minimum Gasteiger partial charge on any atom is -0.481 e. The van der Waals surface area contributed by atoms with Gasteiger partial charge in [-0.3, -0.25) is 9.59 Å². The molecule has 1 amide bonds. The van der Waals surface area contributed by atoms with Crippen LogP contribution >= 0.6 is 0 Å². The number of fused-ring (bicyclic) bond motifs is 5. The highest BCUT2D eigenvalue weighted by atomic mass is 16.4. The van der Waals surface area contributed by atoms with Crippen LogP contribution in [0.15, 0.2) is 24.3 Å². The topological polar surface area (TPSA) is 57.6 Å². The molecule has 2 unspecified atom stereocenters. The molecular formula is C30H43NO3. The molecule has 0 aromatic heterocycles. The van der Waals surface area contributed by atoms with Crippen LogP contribution in [-0.2, 0) is 20.4 Å². The monoisotopic (exact) mass is 465 g/mol. The van der Waals surface area contributed by atoms with E-state index in [4.69, 9.17) is 0 Å². The molecule has 1 heterocycles. The van der Waals surface area contributed by atoms with Crippen LogP contribution in [0.2, 0.25) is 0 Å². The summed E-state index contributed by atoms with van der Waals surface area (Å²) in [6, 6.07) is 8.85. The van der Waals surface area contributed by atoms with Crippen molar-refractivity contribution in [2.75, 3.05) is 7.05 Å². The van der Waals surface area contributed by atoms with Crippen molar-refractivity contribution in [1.82, 2.24) is 4.90 Å². The number of nitrogens with zero attached hydrogens (tertiary/aromatic N) is 1. The first-order chi connectivity index (χ1) is 15.9. The predicted octanol–water partition coefficient (Wildman–Crippen LogP) is 6.17. The lowest BCUT2D eigenvalue weighted by Crippen LogP contribution is -2.62.